The van der Waals surface area contributed by atoms with E-state index >= 15 is 0 Å². The minimum absolute atomic E-state index is 0.0959. The molecule has 0 unspecified atom stereocenters. The van der Waals surface area contributed by atoms with Gasteiger partial charge in [0.1, 0.15) is 0 Å². The summed E-state index contributed by atoms with van der Waals surface area (Å²) in [5.41, 5.74) is 7.85. The number of H-pyrrole nitrogens is 2. The van der Waals surface area contributed by atoms with Crippen molar-refractivity contribution in [1.82, 2.24) is 9.97 Å². The van der Waals surface area contributed by atoms with Gasteiger partial charge in [0.25, 0.3) is 0 Å². The summed E-state index contributed by atoms with van der Waals surface area (Å²) in [5, 5.41) is 9.95. The Balaban J connectivity index is 1.66. The van der Waals surface area contributed by atoms with E-state index in [1.54, 1.807) is 0 Å². The third-order valence-electron chi connectivity index (χ3n) is 7.41. The third-order valence-corrected chi connectivity index (χ3v) is 7.62. The molecule has 4 rings (SSSR count). The van der Waals surface area contributed by atoms with Crippen LogP contribution in [-0.4, -0.2) is 15.1 Å². The molecule has 3 nitrogen and oxygen atoms in total. The van der Waals surface area contributed by atoms with Gasteiger partial charge in [0.2, 0.25) is 5.88 Å². The Kier molecular flexibility index (Phi) is 5.20. The molecule has 3 N–H and O–H groups in total. The molecule has 0 spiro atoms. The van der Waals surface area contributed by atoms with E-state index in [-0.39, 0.29) is 22.1 Å². The number of rotatable bonds is 4. The summed E-state index contributed by atoms with van der Waals surface area (Å²) in [6, 6.07) is 15.9. The lowest BCUT2D eigenvalue weighted by molar-refractivity contribution is 0.331. The zero-order valence-electron chi connectivity index (χ0n) is 19.5. The lowest BCUT2D eigenvalue weighted by Crippen LogP contribution is -2.34. The second-order valence-corrected chi connectivity index (χ2v) is 11.3. The maximum absolute atomic E-state index is 9.95. The maximum Gasteiger partial charge on any atom is 0.210 e. The fourth-order valence-corrected chi connectivity index (χ4v) is 5.15. The van der Waals surface area contributed by atoms with E-state index in [2.05, 4.69) is 94.0 Å². The van der Waals surface area contributed by atoms with Crippen LogP contribution in [0.2, 0.25) is 0 Å². The number of hydrogen-bond acceptors (Lipinski definition) is 2. The van der Waals surface area contributed by atoms with Crippen LogP contribution in [0.25, 0.3) is 0 Å². The second-order valence-electron chi connectivity index (χ2n) is 10.9. The van der Waals surface area contributed by atoms with Crippen molar-refractivity contribution in [3.63, 3.8) is 0 Å². The van der Waals surface area contributed by atoms with Crippen molar-refractivity contribution in [2.75, 3.05) is 0 Å². The molecule has 164 valence electrons. The van der Waals surface area contributed by atoms with Crippen LogP contribution in [0.15, 0.2) is 42.5 Å². The quantitative estimate of drug-likeness (QED) is 0.386. The summed E-state index contributed by atoms with van der Waals surface area (Å²) in [5.74, 6) is 0.119. The number of benzene rings is 2. The predicted octanol–water partition coefficient (Wildman–Crippen LogP) is 7.04. The van der Waals surface area contributed by atoms with Crippen LogP contribution in [0.3, 0.4) is 0 Å². The molecule has 1 aliphatic carbocycles. The average molecular weight is 435 g/mol. The zero-order valence-corrected chi connectivity index (χ0v) is 20.3. The van der Waals surface area contributed by atoms with Gasteiger partial charge in [0, 0.05) is 11.8 Å². The summed E-state index contributed by atoms with van der Waals surface area (Å²) in [7, 11) is 0. The number of hydrogen-bond donors (Lipinski definition) is 3. The Morgan fingerprint density at radius 2 is 1.45 bits per heavy atom. The van der Waals surface area contributed by atoms with Gasteiger partial charge >= 0.3 is 0 Å². The van der Waals surface area contributed by atoms with Gasteiger partial charge in [-0.1, -0.05) is 84.0 Å². The molecule has 1 heterocycles. The number of nitrogens with one attached hydrogen (secondary N) is 2. The molecule has 0 atom stereocenters. The highest BCUT2D eigenvalue weighted by atomic mass is 32.1. The first-order valence-electron chi connectivity index (χ1n) is 11.2. The average Bonchev–Trinajstić information content (AvgIpc) is 3.02. The first kappa shape index (κ1) is 21.9. The SMILES string of the molecule is CC1(C)CCC(C)(C)c2cc(C(C)(C)c3ccc(Cc4[nH]c(=S)[nH]c4O)cc3)ccc21. The molecule has 0 bridgehead atoms. The van der Waals surface area contributed by atoms with Gasteiger partial charge in [0.05, 0.1) is 5.69 Å². The molecule has 0 radical (unpaired) electrons. The molecule has 1 aromatic heterocycles. The van der Waals surface area contributed by atoms with Gasteiger partial charge in [0.15, 0.2) is 4.77 Å². The Labute approximate surface area is 191 Å². The third kappa shape index (κ3) is 3.98. The molecule has 4 heteroatoms. The molecule has 0 aliphatic heterocycles. The van der Waals surface area contributed by atoms with Gasteiger partial charge in [-0.15, -0.1) is 0 Å². The molecule has 0 fully saturated rings. The van der Waals surface area contributed by atoms with Crippen LogP contribution in [0.1, 0.15) is 87.9 Å². The van der Waals surface area contributed by atoms with Crippen molar-refractivity contribution >= 4 is 12.2 Å². The van der Waals surface area contributed by atoms with Crippen LogP contribution in [0, 0.1) is 4.77 Å². The van der Waals surface area contributed by atoms with Gasteiger partial charge in [-0.05, 0) is 63.7 Å². The molecule has 2 aromatic carbocycles. The number of aromatic hydroxyl groups is 1. The largest absolute Gasteiger partial charge is 0.493 e. The lowest BCUT2D eigenvalue weighted by Gasteiger charge is -2.43. The summed E-state index contributed by atoms with van der Waals surface area (Å²) in [4.78, 5) is 5.75. The van der Waals surface area contributed by atoms with Gasteiger partial charge in [-0.3, -0.25) is 0 Å². The minimum atomic E-state index is -0.0959. The summed E-state index contributed by atoms with van der Waals surface area (Å²) in [6.07, 6.45) is 3.07. The first-order valence-corrected chi connectivity index (χ1v) is 11.6. The molecule has 1 aliphatic rings. The van der Waals surface area contributed by atoms with Crippen LogP contribution in [-0.2, 0) is 22.7 Å². The van der Waals surface area contributed by atoms with Crippen LogP contribution in [0.5, 0.6) is 5.88 Å². The highest BCUT2D eigenvalue weighted by Gasteiger charge is 2.38. The van der Waals surface area contributed by atoms with Crippen molar-refractivity contribution < 1.29 is 5.11 Å². The normalized spacial score (nSPS) is 17.4. The van der Waals surface area contributed by atoms with E-state index in [0.717, 1.165) is 11.3 Å². The van der Waals surface area contributed by atoms with Crippen molar-refractivity contribution in [2.24, 2.45) is 0 Å². The molecule has 31 heavy (non-hydrogen) atoms. The highest BCUT2D eigenvalue weighted by Crippen LogP contribution is 2.47. The molecule has 0 amide bonds. The number of imidazole rings is 1. The van der Waals surface area contributed by atoms with Crippen molar-refractivity contribution in [3.05, 3.63) is 80.7 Å². The van der Waals surface area contributed by atoms with Crippen LogP contribution in [0.4, 0.5) is 0 Å². The fraction of sp³-hybridized carbons (Fsp3) is 0.444. The summed E-state index contributed by atoms with van der Waals surface area (Å²) < 4.78 is 0.448. The Morgan fingerprint density at radius 1 is 0.871 bits per heavy atom. The van der Waals surface area contributed by atoms with Crippen LogP contribution >= 0.6 is 12.2 Å². The van der Waals surface area contributed by atoms with Crippen LogP contribution < -0.4 is 0 Å². The fourth-order valence-electron chi connectivity index (χ4n) is 4.93. The Morgan fingerprint density at radius 3 is 2.03 bits per heavy atom. The summed E-state index contributed by atoms with van der Waals surface area (Å²) in [6.45, 7) is 14.1. The lowest BCUT2D eigenvalue weighted by atomic mass is 9.62. The van der Waals surface area contributed by atoms with E-state index < -0.39 is 0 Å². The van der Waals surface area contributed by atoms with Gasteiger partial charge < -0.3 is 15.1 Å². The van der Waals surface area contributed by atoms with E-state index in [1.807, 2.05) is 0 Å². The molecule has 3 aromatic rings. The molecular formula is C27H34N2OS. The smallest absolute Gasteiger partial charge is 0.210 e. The number of aromatic nitrogens is 2. The molecule has 0 saturated carbocycles. The van der Waals surface area contributed by atoms with E-state index in [4.69, 9.17) is 12.2 Å². The predicted molar refractivity (Wildman–Crippen MR) is 131 cm³/mol. The first-order chi connectivity index (χ1) is 14.4. The topological polar surface area (TPSA) is 51.8 Å². The summed E-state index contributed by atoms with van der Waals surface area (Å²) >= 11 is 5.06. The number of aromatic amines is 2. The number of fused-ring (bicyclic) bond motifs is 1. The second kappa shape index (κ2) is 7.37. The van der Waals surface area contributed by atoms with E-state index in [1.165, 1.54) is 35.1 Å². The standard InChI is InChI=1S/C27H34N2OS/c1-25(2)13-14-26(3,4)21-16-19(11-12-20(21)25)27(5,6)18-9-7-17(8-10-18)15-22-23(30)29-24(31)28-22/h7-12,16,30H,13-15H2,1-6H3,(H2,28,29,31). The zero-order chi connectivity index (χ0) is 22.6. The van der Waals surface area contributed by atoms with E-state index in [0.29, 0.717) is 11.2 Å². The Bertz CT molecular complexity index is 1160. The minimum Gasteiger partial charge on any atom is -0.493 e. The van der Waals surface area contributed by atoms with Crippen molar-refractivity contribution in [2.45, 2.75) is 77.0 Å². The van der Waals surface area contributed by atoms with Gasteiger partial charge in [-0.25, -0.2) is 0 Å². The maximum atomic E-state index is 9.95. The molecule has 0 saturated heterocycles. The van der Waals surface area contributed by atoms with E-state index in [9.17, 15) is 5.11 Å². The van der Waals surface area contributed by atoms with Crippen molar-refractivity contribution in [3.8, 4) is 5.88 Å². The van der Waals surface area contributed by atoms with Gasteiger partial charge in [-0.2, -0.15) is 0 Å². The monoisotopic (exact) mass is 434 g/mol. The molecular weight excluding hydrogens is 400 g/mol. The highest BCUT2D eigenvalue weighted by molar-refractivity contribution is 7.71. The van der Waals surface area contributed by atoms with Crippen molar-refractivity contribution in [1.29, 1.82) is 0 Å². The Hall–Kier alpha value is -2.33.